The molecule has 6 bridgehead atoms. The Labute approximate surface area is 370 Å². The van der Waals surface area contributed by atoms with Crippen molar-refractivity contribution < 1.29 is 29.0 Å². The molecule has 3 heterocycles. The van der Waals surface area contributed by atoms with E-state index in [1.54, 1.807) is 31.0 Å². The predicted octanol–water partition coefficient (Wildman–Crippen LogP) is 1.46. The van der Waals surface area contributed by atoms with Gasteiger partial charge in [0, 0.05) is 77.6 Å². The van der Waals surface area contributed by atoms with E-state index in [0.717, 1.165) is 44.2 Å². The molecule has 4 saturated carbocycles. The van der Waals surface area contributed by atoms with Crippen LogP contribution in [-0.4, -0.2) is 141 Å². The maximum Gasteiger partial charge on any atom is 0.330 e. The Balaban J connectivity index is 1.17. The summed E-state index contributed by atoms with van der Waals surface area (Å²) in [5.74, 6) is -0.0158. The molecule has 3 aromatic rings. The van der Waals surface area contributed by atoms with Gasteiger partial charge >= 0.3 is 5.97 Å². The first-order valence-corrected chi connectivity index (χ1v) is 22.7. The predicted molar refractivity (Wildman–Crippen MR) is 240 cm³/mol. The summed E-state index contributed by atoms with van der Waals surface area (Å²) in [7, 11) is 3.14. The zero-order valence-electron chi connectivity index (χ0n) is 37.2. The van der Waals surface area contributed by atoms with Crippen LogP contribution in [0.2, 0.25) is 0 Å². The number of nitrogens with two attached hydrogens (primary N) is 2. The number of methoxy groups -OCH3 is 2. The van der Waals surface area contributed by atoms with Gasteiger partial charge in [-0.25, -0.2) is 9.48 Å². The smallest absolute Gasteiger partial charge is 0.330 e. The van der Waals surface area contributed by atoms with Crippen molar-refractivity contribution in [3.05, 3.63) is 59.3 Å². The molecule has 2 saturated heterocycles. The van der Waals surface area contributed by atoms with E-state index in [0.29, 0.717) is 111 Å². The molecule has 2 amide bonds. The second-order valence-electron chi connectivity index (χ2n) is 19.1. The number of rotatable bonds is 9. The number of hydrogen-bond acceptors (Lipinski definition) is 13. The minimum atomic E-state index is -1.36. The Bertz CT molecular complexity index is 2110. The van der Waals surface area contributed by atoms with E-state index in [9.17, 15) is 19.5 Å². The Morgan fingerprint density at radius 2 is 1.43 bits per heavy atom. The van der Waals surface area contributed by atoms with E-state index in [4.69, 9.17) is 26.0 Å². The third-order valence-corrected chi connectivity index (χ3v) is 14.3. The second kappa shape index (κ2) is 18.5. The highest BCUT2D eigenvalue weighted by atomic mass is 16.5. The molecule has 0 radical (unpaired) electrons. The molecule has 2 aromatic carbocycles. The second-order valence-corrected chi connectivity index (χ2v) is 19.1. The maximum atomic E-state index is 14.8. The summed E-state index contributed by atoms with van der Waals surface area (Å²) in [6.45, 7) is 10.1. The lowest BCUT2D eigenvalue weighted by atomic mass is 9.48. The van der Waals surface area contributed by atoms with Crippen molar-refractivity contribution in [2.45, 2.75) is 68.6 Å². The lowest BCUT2D eigenvalue weighted by Gasteiger charge is -2.59. The van der Waals surface area contributed by atoms with Crippen LogP contribution in [-0.2, 0) is 4.79 Å². The molecule has 17 nitrogen and oxygen atoms in total. The summed E-state index contributed by atoms with van der Waals surface area (Å²) in [4.78, 5) is 44.5. The number of fused-ring (bicyclic) bond motifs is 6. The van der Waals surface area contributed by atoms with Gasteiger partial charge < -0.3 is 57.5 Å². The van der Waals surface area contributed by atoms with E-state index >= 15 is 0 Å². The number of hydrogen-bond donors (Lipinski definition) is 9. The molecule has 9 rings (SSSR count). The van der Waals surface area contributed by atoms with E-state index in [2.05, 4.69) is 31.9 Å². The Hall–Kier alpha value is -4.62. The van der Waals surface area contributed by atoms with Crippen molar-refractivity contribution in [1.29, 1.82) is 0 Å². The molecule has 0 spiro atoms. The van der Waals surface area contributed by atoms with Crippen molar-refractivity contribution in [3.63, 3.8) is 0 Å². The van der Waals surface area contributed by atoms with Crippen LogP contribution in [0.25, 0.3) is 16.9 Å². The fraction of sp³-hybridized carbons (Fsp3) is 0.609. The number of carboxylic acids is 1. The number of aliphatic carboxylic acids is 1. The van der Waals surface area contributed by atoms with Crippen LogP contribution in [0.1, 0.15) is 78.3 Å². The summed E-state index contributed by atoms with van der Waals surface area (Å²) < 4.78 is 13.4. The Morgan fingerprint density at radius 3 is 2.03 bits per heavy atom. The zero-order valence-corrected chi connectivity index (χ0v) is 37.2. The molecular weight excluding hydrogens is 803 g/mol. The quantitative estimate of drug-likeness (QED) is 0.148. The van der Waals surface area contributed by atoms with Crippen molar-refractivity contribution >= 4 is 17.8 Å². The van der Waals surface area contributed by atoms with E-state index in [-0.39, 0.29) is 29.4 Å². The normalized spacial score (nSPS) is 30.2. The fourth-order valence-corrected chi connectivity index (χ4v) is 11.4. The Kier molecular flexibility index (Phi) is 13.2. The van der Waals surface area contributed by atoms with Crippen LogP contribution in [0.4, 0.5) is 0 Å². The fourth-order valence-electron chi connectivity index (χ4n) is 11.4. The summed E-state index contributed by atoms with van der Waals surface area (Å²) in [5, 5.41) is 36.3. The van der Waals surface area contributed by atoms with E-state index in [1.165, 1.54) is 0 Å². The Morgan fingerprint density at radius 1 is 0.825 bits per heavy atom. The molecule has 2 aliphatic heterocycles. The third kappa shape index (κ3) is 9.06. The number of nitrogens with zero attached hydrogens (tertiary/aromatic N) is 3. The third-order valence-electron chi connectivity index (χ3n) is 14.3. The molecule has 1 aromatic heterocycles. The van der Waals surface area contributed by atoms with Gasteiger partial charge in [0.2, 0.25) is 0 Å². The first-order valence-electron chi connectivity index (χ1n) is 22.7. The number of nitrogens with one attached hydrogen (secondary N) is 6. The highest BCUT2D eigenvalue weighted by molar-refractivity contribution is 5.98. The largest absolute Gasteiger partial charge is 0.496 e. The van der Waals surface area contributed by atoms with Gasteiger partial charge in [-0.15, -0.1) is 0 Å². The maximum absolute atomic E-state index is 14.8. The lowest BCUT2D eigenvalue weighted by molar-refractivity contribution is -0.163. The zero-order chi connectivity index (χ0) is 44.5. The topological polar surface area (TPSA) is 235 Å². The molecule has 6 fully saturated rings. The monoisotopic (exact) mass is 870 g/mol. The molecule has 63 heavy (non-hydrogen) atoms. The SMILES string of the molecule is COc1cccc(OC)c1-c1cc(C(=O)NC2(C(=O)O)C3CC4CC(C3)CC2C4)nn1-c1ccc(C(=O)N2CCNCC3(N)CNCCNCC(N)(CNCCN3)C2)cc1C(C)C. The first-order chi connectivity index (χ1) is 30.3. The highest BCUT2D eigenvalue weighted by Gasteiger charge is 2.62. The lowest BCUT2D eigenvalue weighted by Crippen LogP contribution is -2.70. The van der Waals surface area contributed by atoms with Crippen LogP contribution in [0.15, 0.2) is 42.5 Å². The molecule has 2 unspecified atom stereocenters. The van der Waals surface area contributed by atoms with Gasteiger partial charge in [0.15, 0.2) is 5.69 Å². The number of carbonyl (C=O) groups excluding carboxylic acids is 2. The van der Waals surface area contributed by atoms with Gasteiger partial charge in [-0.2, -0.15) is 5.10 Å². The van der Waals surface area contributed by atoms with Gasteiger partial charge in [-0.05, 0) is 104 Å². The van der Waals surface area contributed by atoms with Crippen molar-refractivity contribution in [2.24, 2.45) is 35.1 Å². The molecule has 2 atom stereocenters. The molecule has 6 aliphatic rings. The highest BCUT2D eigenvalue weighted by Crippen LogP contribution is 2.58. The van der Waals surface area contributed by atoms with Crippen molar-refractivity contribution in [3.8, 4) is 28.4 Å². The van der Waals surface area contributed by atoms with Gasteiger partial charge in [0.25, 0.3) is 11.8 Å². The van der Waals surface area contributed by atoms with Crippen LogP contribution in [0.3, 0.4) is 0 Å². The average molecular weight is 870 g/mol. The summed E-state index contributed by atoms with van der Waals surface area (Å²) in [6, 6.07) is 12.7. The summed E-state index contributed by atoms with van der Waals surface area (Å²) in [6.07, 6.45) is 4.36. The summed E-state index contributed by atoms with van der Waals surface area (Å²) in [5.41, 5.74) is 14.2. The number of aromatic nitrogens is 2. The standard InChI is InChI=1S/C46H67N11O6/c1-28(2)34-21-31(42(59)56-15-14-52-26-45(48)25-51-11-10-49-23-44(47,27-56)24-50-12-13-53-45)8-9-36(34)57-37(40-38(62-3)6-5-7-39(40)63-4)22-35(55-57)41(58)54-46(43(60)61)32-17-29-16-30(19-32)20-33(46)18-29/h5-9,21-22,28-30,32-33,49-53H,10-20,23-27,47-48H2,1-4H3,(H,54,58)(H,60,61). The van der Waals surface area contributed by atoms with E-state index in [1.807, 2.05) is 49.1 Å². The minimum Gasteiger partial charge on any atom is -0.496 e. The van der Waals surface area contributed by atoms with Crippen LogP contribution in [0.5, 0.6) is 11.5 Å². The van der Waals surface area contributed by atoms with Gasteiger partial charge in [0.05, 0.1) is 42.4 Å². The van der Waals surface area contributed by atoms with Crippen molar-refractivity contribution in [1.82, 2.24) is 46.6 Å². The van der Waals surface area contributed by atoms with Crippen molar-refractivity contribution in [2.75, 3.05) is 86.2 Å². The number of carboxylic acid groups (broad SMARTS) is 1. The molecular formula is C46H67N11O6. The molecule has 342 valence electrons. The van der Waals surface area contributed by atoms with Gasteiger partial charge in [-0.3, -0.25) is 14.9 Å². The van der Waals surface area contributed by atoms with Gasteiger partial charge in [0.1, 0.15) is 17.0 Å². The average Bonchev–Trinajstić information content (AvgIpc) is 3.71. The molecule has 4 aliphatic carbocycles. The number of amides is 2. The van der Waals surface area contributed by atoms with Crippen LogP contribution < -0.4 is 52.8 Å². The summed E-state index contributed by atoms with van der Waals surface area (Å²) >= 11 is 0. The van der Waals surface area contributed by atoms with E-state index < -0.39 is 28.6 Å². The number of ether oxygens (including phenoxy) is 2. The molecule has 17 heteroatoms. The van der Waals surface area contributed by atoms with Crippen LogP contribution in [0, 0.1) is 23.7 Å². The first kappa shape index (κ1) is 45.0. The number of carbonyl (C=O) groups is 3. The van der Waals surface area contributed by atoms with Crippen LogP contribution >= 0.6 is 0 Å². The molecule has 11 N–H and O–H groups in total. The van der Waals surface area contributed by atoms with Gasteiger partial charge in [-0.1, -0.05) is 19.9 Å². The minimum absolute atomic E-state index is 0.0681. The number of benzene rings is 2.